The van der Waals surface area contributed by atoms with Gasteiger partial charge in [-0.3, -0.25) is 9.78 Å². The zero-order valence-corrected chi connectivity index (χ0v) is 10.8. The van der Waals surface area contributed by atoms with Gasteiger partial charge in [0.15, 0.2) is 0 Å². The lowest BCUT2D eigenvalue weighted by Crippen LogP contribution is -2.40. The highest BCUT2D eigenvalue weighted by atomic mass is 16.4. The predicted octanol–water partition coefficient (Wildman–Crippen LogP) is 2.61. The van der Waals surface area contributed by atoms with E-state index in [4.69, 9.17) is 5.11 Å². The van der Waals surface area contributed by atoms with Crippen LogP contribution >= 0.6 is 0 Å². The first kappa shape index (κ1) is 12.9. The second-order valence-corrected chi connectivity index (χ2v) is 4.94. The number of pyridine rings is 1. The number of carboxylic acid groups (broad SMARTS) is 1. The summed E-state index contributed by atoms with van der Waals surface area (Å²) in [6.07, 6.45) is 8.15. The van der Waals surface area contributed by atoms with Crippen LogP contribution in [-0.4, -0.2) is 28.6 Å². The lowest BCUT2D eigenvalue weighted by atomic mass is 9.96. The molecule has 0 bridgehead atoms. The van der Waals surface area contributed by atoms with Crippen molar-refractivity contribution in [3.63, 3.8) is 0 Å². The smallest absolute Gasteiger partial charge is 0.303 e. The number of hydrogen-bond donors (Lipinski definition) is 1. The molecule has 4 heteroatoms. The molecule has 1 aliphatic rings. The summed E-state index contributed by atoms with van der Waals surface area (Å²) < 4.78 is 0. The average Bonchev–Trinajstić information content (AvgIpc) is 2.37. The quantitative estimate of drug-likeness (QED) is 0.890. The van der Waals surface area contributed by atoms with Crippen LogP contribution < -0.4 is 4.90 Å². The Kier molecular flexibility index (Phi) is 4.18. The van der Waals surface area contributed by atoms with Crippen LogP contribution in [0.4, 0.5) is 5.69 Å². The molecule has 1 fully saturated rings. The van der Waals surface area contributed by atoms with E-state index >= 15 is 0 Å². The maximum atomic E-state index is 10.7. The molecule has 4 nitrogen and oxygen atoms in total. The second kappa shape index (κ2) is 5.85. The Balaban J connectivity index is 2.12. The summed E-state index contributed by atoms with van der Waals surface area (Å²) in [5, 5.41) is 8.83. The van der Waals surface area contributed by atoms with Gasteiger partial charge in [0.05, 0.1) is 0 Å². The number of carboxylic acids is 1. The van der Waals surface area contributed by atoms with Crippen LogP contribution in [0.5, 0.6) is 0 Å². The third-order valence-corrected chi connectivity index (χ3v) is 3.62. The molecule has 0 amide bonds. The molecule has 0 saturated carbocycles. The molecule has 1 N–H and O–H groups in total. The third kappa shape index (κ3) is 3.00. The molecule has 1 atom stereocenters. The van der Waals surface area contributed by atoms with Crippen LogP contribution in [0.2, 0.25) is 0 Å². The fraction of sp³-hybridized carbons (Fsp3) is 0.571. The highest BCUT2D eigenvalue weighted by Crippen LogP contribution is 2.29. The average molecular weight is 248 g/mol. The molecular weight excluding hydrogens is 228 g/mol. The topological polar surface area (TPSA) is 53.4 Å². The Hall–Kier alpha value is -1.58. The summed E-state index contributed by atoms with van der Waals surface area (Å²) in [4.78, 5) is 17.2. The molecular formula is C14H20N2O2. The third-order valence-electron chi connectivity index (χ3n) is 3.62. The van der Waals surface area contributed by atoms with Gasteiger partial charge in [0.2, 0.25) is 0 Å². The number of piperidine rings is 1. The van der Waals surface area contributed by atoms with Gasteiger partial charge in [0, 0.05) is 37.1 Å². The van der Waals surface area contributed by atoms with E-state index in [9.17, 15) is 4.79 Å². The number of aliphatic carboxylic acids is 1. The van der Waals surface area contributed by atoms with Gasteiger partial charge in [-0.1, -0.05) is 0 Å². The van der Waals surface area contributed by atoms with Gasteiger partial charge in [-0.25, -0.2) is 0 Å². The Morgan fingerprint density at radius 3 is 3.11 bits per heavy atom. The van der Waals surface area contributed by atoms with E-state index in [2.05, 4.69) is 16.8 Å². The van der Waals surface area contributed by atoms with Gasteiger partial charge in [-0.05, 0) is 44.2 Å². The molecule has 0 aliphatic carbocycles. The molecule has 1 saturated heterocycles. The summed E-state index contributed by atoms with van der Waals surface area (Å²) in [6.45, 7) is 3.08. The van der Waals surface area contributed by atoms with Crippen molar-refractivity contribution >= 4 is 11.7 Å². The number of carbonyl (C=O) groups is 1. The number of anilines is 1. The number of rotatable bonds is 4. The van der Waals surface area contributed by atoms with E-state index in [1.54, 1.807) is 0 Å². The van der Waals surface area contributed by atoms with Crippen molar-refractivity contribution in [3.05, 3.63) is 24.0 Å². The Morgan fingerprint density at radius 1 is 1.56 bits per heavy atom. The highest BCUT2D eigenvalue weighted by Gasteiger charge is 2.24. The summed E-state index contributed by atoms with van der Waals surface area (Å²) >= 11 is 0. The van der Waals surface area contributed by atoms with Crippen LogP contribution in [0.15, 0.2) is 18.5 Å². The van der Waals surface area contributed by atoms with Gasteiger partial charge in [0.25, 0.3) is 0 Å². The predicted molar refractivity (Wildman–Crippen MR) is 70.8 cm³/mol. The molecule has 2 heterocycles. The Labute approximate surface area is 108 Å². The normalized spacial score (nSPS) is 19.8. The van der Waals surface area contributed by atoms with E-state index in [1.807, 2.05) is 18.5 Å². The fourth-order valence-corrected chi connectivity index (χ4v) is 2.70. The van der Waals surface area contributed by atoms with E-state index < -0.39 is 5.97 Å². The monoisotopic (exact) mass is 248 g/mol. The minimum atomic E-state index is -0.702. The lowest BCUT2D eigenvalue weighted by Gasteiger charge is -2.38. The summed E-state index contributed by atoms with van der Waals surface area (Å²) in [5.74, 6) is -0.702. The van der Waals surface area contributed by atoms with Crippen LogP contribution in [0.25, 0.3) is 0 Å². The summed E-state index contributed by atoms with van der Waals surface area (Å²) in [6, 6.07) is 2.39. The van der Waals surface area contributed by atoms with Crippen LogP contribution in [0, 0.1) is 6.92 Å². The zero-order chi connectivity index (χ0) is 13.0. The molecule has 18 heavy (non-hydrogen) atoms. The van der Waals surface area contributed by atoms with Crippen molar-refractivity contribution < 1.29 is 9.90 Å². The molecule has 0 aromatic carbocycles. The maximum absolute atomic E-state index is 10.7. The Bertz CT molecular complexity index is 420. The van der Waals surface area contributed by atoms with Crippen molar-refractivity contribution in [3.8, 4) is 0 Å². The lowest BCUT2D eigenvalue weighted by molar-refractivity contribution is -0.137. The molecule has 1 aromatic rings. The molecule has 0 radical (unpaired) electrons. The summed E-state index contributed by atoms with van der Waals surface area (Å²) in [5.41, 5.74) is 2.37. The number of aryl methyl sites for hydroxylation is 1. The van der Waals surface area contributed by atoms with E-state index in [-0.39, 0.29) is 6.42 Å². The largest absolute Gasteiger partial charge is 0.481 e. The minimum absolute atomic E-state index is 0.255. The van der Waals surface area contributed by atoms with E-state index in [0.717, 1.165) is 19.4 Å². The molecule has 2 rings (SSSR count). The molecule has 1 aliphatic heterocycles. The van der Waals surface area contributed by atoms with Gasteiger partial charge < -0.3 is 10.0 Å². The van der Waals surface area contributed by atoms with Crippen LogP contribution in [0.1, 0.15) is 37.7 Å². The van der Waals surface area contributed by atoms with E-state index in [1.165, 1.54) is 24.1 Å². The SMILES string of the molecule is Cc1cnccc1N1CCCCC1CCC(=O)O. The van der Waals surface area contributed by atoms with Crippen molar-refractivity contribution in [1.29, 1.82) is 0 Å². The van der Waals surface area contributed by atoms with Crippen molar-refractivity contribution in [2.45, 2.75) is 45.1 Å². The first-order chi connectivity index (χ1) is 8.68. The van der Waals surface area contributed by atoms with Crippen LogP contribution in [-0.2, 0) is 4.79 Å². The molecule has 0 spiro atoms. The minimum Gasteiger partial charge on any atom is -0.481 e. The standard InChI is InChI=1S/C14H20N2O2/c1-11-10-15-8-7-13(11)16-9-3-2-4-12(16)5-6-14(17)18/h7-8,10,12H,2-6,9H2,1H3,(H,17,18). The van der Waals surface area contributed by atoms with Gasteiger partial charge in [-0.2, -0.15) is 0 Å². The first-order valence-electron chi connectivity index (χ1n) is 6.57. The van der Waals surface area contributed by atoms with Gasteiger partial charge in [-0.15, -0.1) is 0 Å². The highest BCUT2D eigenvalue weighted by molar-refractivity contribution is 5.66. The van der Waals surface area contributed by atoms with Gasteiger partial charge in [0.1, 0.15) is 0 Å². The van der Waals surface area contributed by atoms with E-state index in [0.29, 0.717) is 6.04 Å². The molecule has 1 aromatic heterocycles. The van der Waals surface area contributed by atoms with Gasteiger partial charge >= 0.3 is 5.97 Å². The van der Waals surface area contributed by atoms with Crippen LogP contribution in [0.3, 0.4) is 0 Å². The first-order valence-corrected chi connectivity index (χ1v) is 6.57. The number of hydrogen-bond acceptors (Lipinski definition) is 3. The van der Waals surface area contributed by atoms with Crippen molar-refractivity contribution in [2.24, 2.45) is 0 Å². The fourth-order valence-electron chi connectivity index (χ4n) is 2.70. The number of aromatic nitrogens is 1. The summed E-state index contributed by atoms with van der Waals surface area (Å²) in [7, 11) is 0. The maximum Gasteiger partial charge on any atom is 0.303 e. The van der Waals surface area contributed by atoms with Crippen molar-refractivity contribution in [2.75, 3.05) is 11.4 Å². The number of nitrogens with zero attached hydrogens (tertiary/aromatic N) is 2. The zero-order valence-electron chi connectivity index (χ0n) is 10.8. The second-order valence-electron chi connectivity index (χ2n) is 4.94. The Morgan fingerprint density at radius 2 is 2.39 bits per heavy atom. The molecule has 1 unspecified atom stereocenters. The molecule has 98 valence electrons. The van der Waals surface area contributed by atoms with Crippen molar-refractivity contribution in [1.82, 2.24) is 4.98 Å².